The van der Waals surface area contributed by atoms with E-state index in [4.69, 9.17) is 5.11 Å². The molecular formula is C10H14F3NO3. The van der Waals surface area contributed by atoms with Gasteiger partial charge in [-0.3, -0.25) is 4.79 Å². The Morgan fingerprint density at radius 2 is 2.00 bits per heavy atom. The van der Waals surface area contributed by atoms with Crippen LogP contribution < -0.4 is 5.32 Å². The molecule has 0 aromatic carbocycles. The zero-order chi connectivity index (χ0) is 13.5. The Kier molecular flexibility index (Phi) is 6.30. The summed E-state index contributed by atoms with van der Waals surface area (Å²) in [6, 6.07) is -1.19. The molecule has 0 radical (unpaired) electrons. The minimum atomic E-state index is -4.42. The van der Waals surface area contributed by atoms with E-state index < -0.39 is 36.9 Å². The summed E-state index contributed by atoms with van der Waals surface area (Å²) in [7, 11) is 0. The summed E-state index contributed by atoms with van der Waals surface area (Å²) in [6.07, 6.45) is -3.28. The number of alkyl halides is 3. The number of amides is 1. The number of allylic oxidation sites excluding steroid dienone is 1. The highest BCUT2D eigenvalue weighted by molar-refractivity contribution is 5.83. The van der Waals surface area contributed by atoms with E-state index in [0.29, 0.717) is 0 Å². The van der Waals surface area contributed by atoms with Crippen LogP contribution >= 0.6 is 0 Å². The number of hydrogen-bond acceptors (Lipinski definition) is 2. The van der Waals surface area contributed by atoms with Gasteiger partial charge < -0.3 is 10.4 Å². The molecule has 0 spiro atoms. The van der Waals surface area contributed by atoms with Crippen LogP contribution in [0.15, 0.2) is 12.2 Å². The van der Waals surface area contributed by atoms with E-state index in [-0.39, 0.29) is 6.42 Å². The van der Waals surface area contributed by atoms with Crippen LogP contribution in [0.25, 0.3) is 0 Å². The first-order chi connectivity index (χ1) is 7.76. The average Bonchev–Trinajstić information content (AvgIpc) is 2.19. The monoisotopic (exact) mass is 253 g/mol. The molecule has 17 heavy (non-hydrogen) atoms. The van der Waals surface area contributed by atoms with Crippen molar-refractivity contribution in [1.29, 1.82) is 0 Å². The predicted octanol–water partition coefficient (Wildman–Crippen LogP) is 1.86. The number of halogens is 3. The Hall–Kier alpha value is -1.53. The van der Waals surface area contributed by atoms with E-state index in [9.17, 15) is 22.8 Å². The third-order valence-corrected chi connectivity index (χ3v) is 1.88. The lowest BCUT2D eigenvalue weighted by molar-refractivity contribution is -0.146. The van der Waals surface area contributed by atoms with Gasteiger partial charge in [-0.05, 0) is 13.3 Å². The molecule has 1 atom stereocenters. The van der Waals surface area contributed by atoms with Crippen LogP contribution in [0.3, 0.4) is 0 Å². The molecule has 98 valence electrons. The molecule has 0 aromatic heterocycles. The number of carboxylic acids is 1. The second kappa shape index (κ2) is 6.93. The molecule has 0 rings (SSSR count). The first-order valence-electron chi connectivity index (χ1n) is 4.96. The molecule has 0 aliphatic heterocycles. The number of hydrogen-bond donors (Lipinski definition) is 2. The van der Waals surface area contributed by atoms with Gasteiger partial charge in [-0.15, -0.1) is 0 Å². The van der Waals surface area contributed by atoms with Gasteiger partial charge in [0.15, 0.2) is 0 Å². The lowest BCUT2D eigenvalue weighted by Gasteiger charge is -2.13. The highest BCUT2D eigenvalue weighted by Crippen LogP contribution is 2.21. The van der Waals surface area contributed by atoms with Gasteiger partial charge in [-0.25, -0.2) is 4.79 Å². The molecule has 4 nitrogen and oxygen atoms in total. The van der Waals surface area contributed by atoms with Crippen LogP contribution in [0.1, 0.15) is 26.2 Å². The van der Waals surface area contributed by atoms with Crippen molar-refractivity contribution in [3.05, 3.63) is 12.2 Å². The minimum Gasteiger partial charge on any atom is -0.480 e. The first kappa shape index (κ1) is 15.5. The molecule has 0 saturated carbocycles. The lowest BCUT2D eigenvalue weighted by atomic mass is 10.2. The van der Waals surface area contributed by atoms with E-state index in [2.05, 4.69) is 0 Å². The molecular weight excluding hydrogens is 239 g/mol. The molecule has 1 amide bonds. The van der Waals surface area contributed by atoms with Gasteiger partial charge in [-0.1, -0.05) is 12.2 Å². The van der Waals surface area contributed by atoms with Gasteiger partial charge >= 0.3 is 12.1 Å². The molecule has 0 aliphatic rings. The van der Waals surface area contributed by atoms with Crippen LogP contribution in [0, 0.1) is 0 Å². The topological polar surface area (TPSA) is 66.4 Å². The molecule has 0 bridgehead atoms. The fourth-order valence-corrected chi connectivity index (χ4v) is 1.02. The van der Waals surface area contributed by atoms with Crippen molar-refractivity contribution in [1.82, 2.24) is 5.32 Å². The van der Waals surface area contributed by atoms with Gasteiger partial charge in [0.25, 0.3) is 0 Å². The predicted molar refractivity (Wildman–Crippen MR) is 54.3 cm³/mol. The molecule has 0 aliphatic carbocycles. The van der Waals surface area contributed by atoms with Crippen molar-refractivity contribution in [2.24, 2.45) is 0 Å². The lowest BCUT2D eigenvalue weighted by Crippen LogP contribution is -2.40. The number of rotatable bonds is 6. The summed E-state index contributed by atoms with van der Waals surface area (Å²) in [5, 5.41) is 10.7. The SMILES string of the molecule is C/C=C/CC(NC(=O)CCC(F)(F)F)C(=O)O. The largest absolute Gasteiger partial charge is 0.480 e. The quantitative estimate of drug-likeness (QED) is 0.710. The maximum absolute atomic E-state index is 11.8. The number of carboxylic acid groups (broad SMARTS) is 1. The zero-order valence-corrected chi connectivity index (χ0v) is 9.25. The van der Waals surface area contributed by atoms with Crippen LogP contribution in [-0.4, -0.2) is 29.2 Å². The second-order valence-corrected chi connectivity index (χ2v) is 3.38. The third kappa shape index (κ3) is 8.29. The molecule has 0 saturated heterocycles. The van der Waals surface area contributed by atoms with Gasteiger partial charge in [0.2, 0.25) is 5.91 Å². The van der Waals surface area contributed by atoms with E-state index >= 15 is 0 Å². The maximum atomic E-state index is 11.8. The van der Waals surface area contributed by atoms with Crippen molar-refractivity contribution in [3.63, 3.8) is 0 Å². The van der Waals surface area contributed by atoms with E-state index in [1.165, 1.54) is 6.08 Å². The fraction of sp³-hybridized carbons (Fsp3) is 0.600. The number of aliphatic carboxylic acids is 1. The smallest absolute Gasteiger partial charge is 0.389 e. The number of nitrogens with one attached hydrogen (secondary N) is 1. The first-order valence-corrected chi connectivity index (χ1v) is 4.96. The summed E-state index contributed by atoms with van der Waals surface area (Å²) in [6.45, 7) is 1.67. The average molecular weight is 253 g/mol. The van der Waals surface area contributed by atoms with E-state index in [1.54, 1.807) is 13.0 Å². The zero-order valence-electron chi connectivity index (χ0n) is 9.25. The highest BCUT2D eigenvalue weighted by Gasteiger charge is 2.28. The number of carbonyl (C=O) groups excluding carboxylic acids is 1. The van der Waals surface area contributed by atoms with E-state index in [1.807, 2.05) is 5.32 Å². The van der Waals surface area contributed by atoms with Gasteiger partial charge in [0, 0.05) is 6.42 Å². The Morgan fingerprint density at radius 1 is 1.41 bits per heavy atom. The normalized spacial score (nSPS) is 13.6. The Bertz CT molecular complexity index is 300. The van der Waals surface area contributed by atoms with Crippen molar-refractivity contribution < 1.29 is 27.9 Å². The molecule has 2 N–H and O–H groups in total. The Labute approximate surface area is 96.5 Å². The van der Waals surface area contributed by atoms with Crippen molar-refractivity contribution >= 4 is 11.9 Å². The number of carbonyl (C=O) groups is 2. The Morgan fingerprint density at radius 3 is 2.41 bits per heavy atom. The van der Waals surface area contributed by atoms with Crippen LogP contribution in [0.2, 0.25) is 0 Å². The molecule has 0 heterocycles. The van der Waals surface area contributed by atoms with Gasteiger partial charge in [0.1, 0.15) is 6.04 Å². The minimum absolute atomic E-state index is 0.0452. The third-order valence-electron chi connectivity index (χ3n) is 1.88. The van der Waals surface area contributed by atoms with Crippen molar-refractivity contribution in [2.75, 3.05) is 0 Å². The summed E-state index contributed by atoms with van der Waals surface area (Å²) >= 11 is 0. The molecule has 1 unspecified atom stereocenters. The van der Waals surface area contributed by atoms with Crippen molar-refractivity contribution in [3.8, 4) is 0 Å². The summed E-state index contributed by atoms with van der Waals surface area (Å²) in [5.74, 6) is -2.19. The molecule has 7 heteroatoms. The summed E-state index contributed by atoms with van der Waals surface area (Å²) in [4.78, 5) is 21.7. The maximum Gasteiger partial charge on any atom is 0.389 e. The van der Waals surface area contributed by atoms with Crippen molar-refractivity contribution in [2.45, 2.75) is 38.4 Å². The highest BCUT2D eigenvalue weighted by atomic mass is 19.4. The molecule has 0 aromatic rings. The fourth-order valence-electron chi connectivity index (χ4n) is 1.02. The van der Waals surface area contributed by atoms with Crippen LogP contribution in [0.5, 0.6) is 0 Å². The standard InChI is InChI=1S/C10H14F3NO3/c1-2-3-4-7(9(16)17)14-8(15)5-6-10(11,12)13/h2-3,7H,4-6H2,1H3,(H,14,15)(H,16,17)/b3-2+. The Balaban J connectivity index is 4.17. The van der Waals surface area contributed by atoms with Crippen LogP contribution in [-0.2, 0) is 9.59 Å². The van der Waals surface area contributed by atoms with E-state index in [0.717, 1.165) is 0 Å². The van der Waals surface area contributed by atoms with Gasteiger partial charge in [-0.2, -0.15) is 13.2 Å². The molecule has 0 fully saturated rings. The second-order valence-electron chi connectivity index (χ2n) is 3.38. The summed E-state index contributed by atoms with van der Waals surface area (Å²) in [5.41, 5.74) is 0. The van der Waals surface area contributed by atoms with Gasteiger partial charge in [0.05, 0.1) is 6.42 Å². The summed E-state index contributed by atoms with van der Waals surface area (Å²) < 4.78 is 35.4. The van der Waals surface area contributed by atoms with Crippen LogP contribution in [0.4, 0.5) is 13.2 Å².